The van der Waals surface area contributed by atoms with E-state index in [9.17, 15) is 10.1 Å². The Balaban J connectivity index is 1.74. The van der Waals surface area contributed by atoms with E-state index in [-0.39, 0.29) is 10.7 Å². The fourth-order valence-corrected chi connectivity index (χ4v) is 2.57. The smallest absolute Gasteiger partial charge is 0.270 e. The molecule has 6 nitrogen and oxygen atoms in total. The molecule has 3 rings (SSSR count). The van der Waals surface area contributed by atoms with Crippen molar-refractivity contribution < 1.29 is 9.34 Å². The molecule has 0 spiro atoms. The molecule has 0 fully saturated rings. The summed E-state index contributed by atoms with van der Waals surface area (Å²) >= 11 is 12.0. The van der Waals surface area contributed by atoms with Gasteiger partial charge in [0.05, 0.1) is 21.8 Å². The largest absolute Gasteiger partial charge is 0.455 e. The van der Waals surface area contributed by atoms with Gasteiger partial charge in [-0.25, -0.2) is 0 Å². The number of nitro groups is 1. The van der Waals surface area contributed by atoms with Gasteiger partial charge in [0.15, 0.2) is 0 Å². The van der Waals surface area contributed by atoms with Gasteiger partial charge in [0.1, 0.15) is 11.5 Å². The van der Waals surface area contributed by atoms with Crippen LogP contribution >= 0.6 is 23.2 Å². The highest BCUT2D eigenvalue weighted by Crippen LogP contribution is 2.32. The summed E-state index contributed by atoms with van der Waals surface area (Å²) in [5.41, 5.74) is 4.07. The lowest BCUT2D eigenvalue weighted by molar-refractivity contribution is -0.384. The molecule has 0 aliphatic heterocycles. The second-order valence-corrected chi connectivity index (χ2v) is 5.85. The number of furan rings is 1. The minimum Gasteiger partial charge on any atom is -0.455 e. The first-order valence-electron chi connectivity index (χ1n) is 7.12. The summed E-state index contributed by atoms with van der Waals surface area (Å²) in [5, 5.41) is 15.7. The zero-order chi connectivity index (χ0) is 17.8. The molecule has 3 aromatic rings. The number of hydrazone groups is 1. The Morgan fingerprint density at radius 1 is 1.12 bits per heavy atom. The number of nitrogens with one attached hydrogen (secondary N) is 1. The van der Waals surface area contributed by atoms with E-state index in [1.54, 1.807) is 30.3 Å². The molecule has 0 saturated heterocycles. The number of halogens is 2. The summed E-state index contributed by atoms with van der Waals surface area (Å²) < 4.78 is 5.64. The summed E-state index contributed by atoms with van der Waals surface area (Å²) in [6.07, 6.45) is 1.50. The summed E-state index contributed by atoms with van der Waals surface area (Å²) in [4.78, 5) is 10.2. The number of benzene rings is 2. The summed E-state index contributed by atoms with van der Waals surface area (Å²) in [7, 11) is 0. The van der Waals surface area contributed by atoms with E-state index in [1.807, 2.05) is 12.1 Å². The maximum absolute atomic E-state index is 10.8. The third-order valence-corrected chi connectivity index (χ3v) is 3.81. The Hall–Kier alpha value is -2.83. The van der Waals surface area contributed by atoms with E-state index in [0.717, 1.165) is 5.69 Å². The average Bonchev–Trinajstić information content (AvgIpc) is 3.03. The van der Waals surface area contributed by atoms with Crippen LogP contribution in [0.4, 0.5) is 11.4 Å². The fourth-order valence-electron chi connectivity index (χ4n) is 2.11. The number of hydrogen-bond donors (Lipinski definition) is 1. The number of rotatable bonds is 5. The third kappa shape index (κ3) is 4.17. The van der Waals surface area contributed by atoms with Gasteiger partial charge in [-0.15, -0.1) is 0 Å². The van der Waals surface area contributed by atoms with E-state index in [4.69, 9.17) is 27.6 Å². The van der Waals surface area contributed by atoms with Gasteiger partial charge >= 0.3 is 0 Å². The van der Waals surface area contributed by atoms with Crippen LogP contribution in [0.25, 0.3) is 11.3 Å². The van der Waals surface area contributed by atoms with E-state index >= 15 is 0 Å². The highest BCUT2D eigenvalue weighted by Gasteiger charge is 2.13. The second kappa shape index (κ2) is 7.38. The molecule has 0 amide bonds. The Morgan fingerprint density at radius 2 is 1.96 bits per heavy atom. The molecular formula is C17H11Cl2N3O3. The predicted octanol–water partition coefficient (Wildman–Crippen LogP) is 5.61. The monoisotopic (exact) mass is 375 g/mol. The van der Waals surface area contributed by atoms with Crippen molar-refractivity contribution in [2.45, 2.75) is 0 Å². The van der Waals surface area contributed by atoms with Gasteiger partial charge < -0.3 is 4.42 Å². The summed E-state index contributed by atoms with van der Waals surface area (Å²) in [5.74, 6) is 0.989. The molecule has 1 N–H and O–H groups in total. The van der Waals surface area contributed by atoms with Crippen LogP contribution in [0, 0.1) is 10.1 Å². The van der Waals surface area contributed by atoms with Gasteiger partial charge in [0.25, 0.3) is 5.69 Å². The van der Waals surface area contributed by atoms with Crippen LogP contribution in [0.3, 0.4) is 0 Å². The van der Waals surface area contributed by atoms with Gasteiger partial charge in [-0.05, 0) is 36.4 Å². The molecule has 0 saturated carbocycles. The van der Waals surface area contributed by atoms with E-state index in [1.165, 1.54) is 18.3 Å². The van der Waals surface area contributed by atoms with Crippen LogP contribution in [0.2, 0.25) is 10.0 Å². The molecule has 1 aromatic heterocycles. The predicted molar refractivity (Wildman–Crippen MR) is 98.5 cm³/mol. The zero-order valence-electron chi connectivity index (χ0n) is 12.6. The Bertz CT molecular complexity index is 954. The van der Waals surface area contributed by atoms with Gasteiger partial charge in [-0.3, -0.25) is 15.5 Å². The Morgan fingerprint density at radius 3 is 2.68 bits per heavy atom. The molecule has 2 aromatic carbocycles. The minimum absolute atomic E-state index is 0.0761. The van der Waals surface area contributed by atoms with Gasteiger partial charge in [0, 0.05) is 22.7 Å². The molecule has 126 valence electrons. The van der Waals surface area contributed by atoms with Gasteiger partial charge in [0.2, 0.25) is 0 Å². The lowest BCUT2D eigenvalue weighted by Gasteiger charge is -2.01. The molecule has 8 heteroatoms. The minimum atomic E-state index is -0.503. The Labute approximate surface area is 152 Å². The first-order chi connectivity index (χ1) is 12.0. The summed E-state index contributed by atoms with van der Waals surface area (Å²) in [6, 6.07) is 14.8. The molecule has 0 atom stereocenters. The molecule has 0 unspecified atom stereocenters. The van der Waals surface area contributed by atoms with Crippen LogP contribution in [-0.2, 0) is 0 Å². The number of hydrogen-bond acceptors (Lipinski definition) is 5. The standard InChI is InChI=1S/C17H11Cl2N3O3/c18-11-2-1-3-12(8-11)21-20-10-14-5-7-17(25-14)15-6-4-13(22(23)24)9-16(15)19/h1-10,21H. The first kappa shape index (κ1) is 17.0. The fraction of sp³-hybridized carbons (Fsp3) is 0. The van der Waals surface area contributed by atoms with Crippen molar-refractivity contribution in [1.82, 2.24) is 0 Å². The third-order valence-electron chi connectivity index (χ3n) is 3.27. The zero-order valence-corrected chi connectivity index (χ0v) is 14.2. The molecule has 1 heterocycles. The van der Waals surface area contributed by atoms with Crippen LogP contribution in [0.15, 0.2) is 64.1 Å². The highest BCUT2D eigenvalue weighted by atomic mass is 35.5. The van der Waals surface area contributed by atoms with Crippen LogP contribution in [-0.4, -0.2) is 11.1 Å². The summed E-state index contributed by atoms with van der Waals surface area (Å²) in [6.45, 7) is 0. The molecule has 25 heavy (non-hydrogen) atoms. The number of non-ortho nitro benzene ring substituents is 1. The first-order valence-corrected chi connectivity index (χ1v) is 7.87. The van der Waals surface area contributed by atoms with E-state index in [0.29, 0.717) is 22.1 Å². The highest BCUT2D eigenvalue weighted by molar-refractivity contribution is 6.33. The Kier molecular flexibility index (Phi) is 5.02. The quantitative estimate of drug-likeness (QED) is 0.357. The molecule has 0 aliphatic rings. The van der Waals surface area contributed by atoms with Crippen molar-refractivity contribution in [2.75, 3.05) is 5.43 Å². The lowest BCUT2D eigenvalue weighted by atomic mass is 10.1. The maximum Gasteiger partial charge on any atom is 0.270 e. The maximum atomic E-state index is 10.8. The lowest BCUT2D eigenvalue weighted by Crippen LogP contribution is -1.89. The van der Waals surface area contributed by atoms with Crippen LogP contribution in [0.5, 0.6) is 0 Å². The average molecular weight is 376 g/mol. The SMILES string of the molecule is O=[N+]([O-])c1ccc(-c2ccc(C=NNc3cccc(Cl)c3)o2)c(Cl)c1. The van der Waals surface area contributed by atoms with Crippen molar-refractivity contribution in [3.05, 3.63) is 80.5 Å². The normalized spacial score (nSPS) is 11.0. The van der Waals surface area contributed by atoms with Crippen molar-refractivity contribution >= 4 is 40.8 Å². The van der Waals surface area contributed by atoms with Crippen LogP contribution < -0.4 is 5.43 Å². The van der Waals surface area contributed by atoms with E-state index in [2.05, 4.69) is 10.5 Å². The molecule has 0 aliphatic carbocycles. The molecular weight excluding hydrogens is 365 g/mol. The van der Waals surface area contributed by atoms with Gasteiger partial charge in [-0.1, -0.05) is 29.3 Å². The van der Waals surface area contributed by atoms with Crippen molar-refractivity contribution in [3.8, 4) is 11.3 Å². The number of nitrogens with zero attached hydrogens (tertiary/aromatic N) is 2. The van der Waals surface area contributed by atoms with Crippen molar-refractivity contribution in [2.24, 2.45) is 5.10 Å². The topological polar surface area (TPSA) is 80.7 Å². The molecule has 0 radical (unpaired) electrons. The van der Waals surface area contributed by atoms with E-state index < -0.39 is 4.92 Å². The van der Waals surface area contributed by atoms with Crippen LogP contribution in [0.1, 0.15) is 5.76 Å². The number of nitro benzene ring substituents is 1. The molecule has 0 bridgehead atoms. The van der Waals surface area contributed by atoms with Crippen molar-refractivity contribution in [1.29, 1.82) is 0 Å². The van der Waals surface area contributed by atoms with Crippen molar-refractivity contribution in [3.63, 3.8) is 0 Å². The number of anilines is 1. The second-order valence-electron chi connectivity index (χ2n) is 5.00. The van der Waals surface area contributed by atoms with Gasteiger partial charge in [-0.2, -0.15) is 5.10 Å².